The van der Waals surface area contributed by atoms with Gasteiger partial charge in [0.25, 0.3) is 0 Å². The molecule has 0 aliphatic carbocycles. The van der Waals surface area contributed by atoms with E-state index in [1.54, 1.807) is 12.1 Å². The van der Waals surface area contributed by atoms with Crippen LogP contribution in [0.25, 0.3) is 0 Å². The molecule has 1 aromatic rings. The second-order valence-corrected chi connectivity index (χ2v) is 5.91. The average molecular weight is 294 g/mol. The van der Waals surface area contributed by atoms with E-state index in [4.69, 9.17) is 26.2 Å². The van der Waals surface area contributed by atoms with Gasteiger partial charge in [-0.2, -0.15) is 0 Å². The summed E-state index contributed by atoms with van der Waals surface area (Å²) in [5, 5.41) is 5.43. The summed E-state index contributed by atoms with van der Waals surface area (Å²) in [6.45, 7) is 2.59. The molecule has 0 aliphatic rings. The third-order valence-electron chi connectivity index (χ3n) is 2.15. The number of sulfonamides is 1. The third-order valence-corrected chi connectivity index (χ3v) is 3.12. The van der Waals surface area contributed by atoms with Crippen molar-refractivity contribution in [3.05, 3.63) is 28.8 Å². The Morgan fingerprint density at radius 2 is 2.00 bits per heavy atom. The van der Waals surface area contributed by atoms with E-state index in [1.165, 1.54) is 0 Å². The van der Waals surface area contributed by atoms with Gasteiger partial charge in [0.1, 0.15) is 12.4 Å². The van der Waals surface area contributed by atoms with Gasteiger partial charge >= 0.3 is 0 Å². The van der Waals surface area contributed by atoms with E-state index in [2.05, 4.69) is 0 Å². The summed E-state index contributed by atoms with van der Waals surface area (Å²) in [7, 11) is -3.46. The van der Waals surface area contributed by atoms with E-state index < -0.39 is 10.0 Å². The minimum Gasteiger partial charge on any atom is -0.491 e. The molecule has 1 rings (SSSR count). The van der Waals surface area contributed by atoms with Crippen molar-refractivity contribution in [2.45, 2.75) is 6.92 Å². The number of rotatable bonds is 7. The van der Waals surface area contributed by atoms with Crippen LogP contribution in [0.15, 0.2) is 18.2 Å². The SMILES string of the molecule is Cc1ccc(Cl)cc1OCCOCCS(N)(=O)=O. The Morgan fingerprint density at radius 1 is 1.28 bits per heavy atom. The predicted octanol–water partition coefficient (Wildman–Crippen LogP) is 1.33. The molecular weight excluding hydrogens is 278 g/mol. The normalized spacial score (nSPS) is 11.5. The number of hydrogen-bond acceptors (Lipinski definition) is 4. The molecular formula is C11H16ClNO4S. The Morgan fingerprint density at radius 3 is 2.67 bits per heavy atom. The van der Waals surface area contributed by atoms with Gasteiger partial charge in [-0.15, -0.1) is 0 Å². The maximum absolute atomic E-state index is 10.6. The van der Waals surface area contributed by atoms with Crippen molar-refractivity contribution in [3.63, 3.8) is 0 Å². The third kappa shape index (κ3) is 6.20. The highest BCUT2D eigenvalue weighted by atomic mass is 35.5. The molecule has 0 atom stereocenters. The van der Waals surface area contributed by atoms with Crippen LogP contribution >= 0.6 is 11.6 Å². The molecule has 0 saturated carbocycles. The molecule has 0 fully saturated rings. The smallest absolute Gasteiger partial charge is 0.211 e. The Kier molecular flexibility index (Phi) is 5.87. The number of benzene rings is 1. The highest BCUT2D eigenvalue weighted by Crippen LogP contribution is 2.22. The van der Waals surface area contributed by atoms with Crippen molar-refractivity contribution < 1.29 is 17.9 Å². The highest BCUT2D eigenvalue weighted by molar-refractivity contribution is 7.89. The van der Waals surface area contributed by atoms with Gasteiger partial charge in [-0.1, -0.05) is 17.7 Å². The topological polar surface area (TPSA) is 78.6 Å². The summed E-state index contributed by atoms with van der Waals surface area (Å²) >= 11 is 5.84. The Labute approximate surface area is 112 Å². The first-order chi connectivity index (χ1) is 8.38. The van der Waals surface area contributed by atoms with Crippen molar-refractivity contribution in [1.82, 2.24) is 0 Å². The molecule has 5 nitrogen and oxygen atoms in total. The van der Waals surface area contributed by atoms with Crippen molar-refractivity contribution in [1.29, 1.82) is 0 Å². The molecule has 0 heterocycles. The first-order valence-electron chi connectivity index (χ1n) is 5.35. The molecule has 102 valence electrons. The van der Waals surface area contributed by atoms with Crippen LogP contribution in [0.5, 0.6) is 5.75 Å². The zero-order valence-electron chi connectivity index (χ0n) is 10.1. The number of primary sulfonamides is 1. The number of nitrogens with two attached hydrogens (primary N) is 1. The van der Waals surface area contributed by atoms with Gasteiger partial charge in [0.15, 0.2) is 0 Å². The van der Waals surface area contributed by atoms with Crippen LogP contribution in [0.1, 0.15) is 5.56 Å². The molecule has 0 bridgehead atoms. The molecule has 0 radical (unpaired) electrons. The first kappa shape index (κ1) is 15.2. The van der Waals surface area contributed by atoms with E-state index in [-0.39, 0.29) is 12.4 Å². The number of ether oxygens (including phenoxy) is 2. The van der Waals surface area contributed by atoms with E-state index in [0.717, 1.165) is 5.56 Å². The highest BCUT2D eigenvalue weighted by Gasteiger charge is 2.03. The van der Waals surface area contributed by atoms with Crippen LogP contribution < -0.4 is 9.88 Å². The van der Waals surface area contributed by atoms with Crippen LogP contribution in [-0.2, 0) is 14.8 Å². The Hall–Kier alpha value is -0.820. The van der Waals surface area contributed by atoms with E-state index in [1.807, 2.05) is 13.0 Å². The minimum atomic E-state index is -3.46. The number of halogens is 1. The molecule has 0 saturated heterocycles. The summed E-state index contributed by atoms with van der Waals surface area (Å²) in [5.74, 6) is 0.501. The molecule has 2 N–H and O–H groups in total. The standard InChI is InChI=1S/C11H16ClNO4S/c1-9-2-3-10(12)8-11(9)17-5-4-16-6-7-18(13,14)15/h2-3,8H,4-7H2,1H3,(H2,13,14,15). The van der Waals surface area contributed by atoms with Gasteiger partial charge in [-0.25, -0.2) is 13.6 Å². The monoisotopic (exact) mass is 293 g/mol. The van der Waals surface area contributed by atoms with E-state index in [9.17, 15) is 8.42 Å². The van der Waals surface area contributed by atoms with Crippen LogP contribution in [0, 0.1) is 6.92 Å². The molecule has 18 heavy (non-hydrogen) atoms. The van der Waals surface area contributed by atoms with Crippen molar-refractivity contribution in [2.24, 2.45) is 5.14 Å². The lowest BCUT2D eigenvalue weighted by atomic mass is 10.2. The summed E-state index contributed by atoms with van der Waals surface area (Å²) in [6, 6.07) is 5.37. The summed E-state index contributed by atoms with van der Waals surface area (Å²) in [6.07, 6.45) is 0. The van der Waals surface area contributed by atoms with E-state index in [0.29, 0.717) is 24.0 Å². The van der Waals surface area contributed by atoms with Crippen LogP contribution in [-0.4, -0.2) is 34.0 Å². The zero-order chi connectivity index (χ0) is 13.6. The molecule has 0 amide bonds. The second kappa shape index (κ2) is 6.94. The minimum absolute atomic E-state index is 0.0662. The number of aryl methyl sites for hydroxylation is 1. The van der Waals surface area contributed by atoms with Crippen LogP contribution in [0.2, 0.25) is 5.02 Å². The van der Waals surface area contributed by atoms with Gasteiger partial charge in [0, 0.05) is 5.02 Å². The number of hydrogen-bond donors (Lipinski definition) is 1. The second-order valence-electron chi connectivity index (χ2n) is 3.74. The summed E-state index contributed by atoms with van der Waals surface area (Å²) in [5.41, 5.74) is 0.976. The molecule has 0 aliphatic heterocycles. The zero-order valence-corrected chi connectivity index (χ0v) is 11.6. The van der Waals surface area contributed by atoms with Crippen molar-refractivity contribution in [2.75, 3.05) is 25.6 Å². The fourth-order valence-electron chi connectivity index (χ4n) is 1.22. The molecule has 7 heteroatoms. The largest absolute Gasteiger partial charge is 0.491 e. The first-order valence-corrected chi connectivity index (χ1v) is 7.45. The van der Waals surface area contributed by atoms with Gasteiger partial charge in [0.05, 0.1) is 19.0 Å². The molecule has 0 spiro atoms. The van der Waals surface area contributed by atoms with Gasteiger partial charge < -0.3 is 9.47 Å². The molecule has 0 unspecified atom stereocenters. The van der Waals surface area contributed by atoms with Gasteiger partial charge in [0.2, 0.25) is 10.0 Å². The fourth-order valence-corrected chi connectivity index (χ4v) is 1.73. The Bertz CT molecular complexity index is 490. The maximum Gasteiger partial charge on any atom is 0.211 e. The van der Waals surface area contributed by atoms with Crippen LogP contribution in [0.4, 0.5) is 0 Å². The Balaban J connectivity index is 2.24. The molecule has 1 aromatic carbocycles. The predicted molar refractivity (Wildman–Crippen MR) is 70.5 cm³/mol. The van der Waals surface area contributed by atoms with Gasteiger partial charge in [-0.05, 0) is 24.6 Å². The maximum atomic E-state index is 10.6. The lowest BCUT2D eigenvalue weighted by molar-refractivity contribution is 0.111. The van der Waals surface area contributed by atoms with Crippen LogP contribution in [0.3, 0.4) is 0 Å². The van der Waals surface area contributed by atoms with Gasteiger partial charge in [-0.3, -0.25) is 0 Å². The quantitative estimate of drug-likeness (QED) is 0.769. The van der Waals surface area contributed by atoms with Crippen molar-refractivity contribution >= 4 is 21.6 Å². The molecule has 0 aromatic heterocycles. The summed E-state index contributed by atoms with van der Waals surface area (Å²) < 4.78 is 31.8. The van der Waals surface area contributed by atoms with E-state index >= 15 is 0 Å². The average Bonchev–Trinajstić information content (AvgIpc) is 2.26. The fraction of sp³-hybridized carbons (Fsp3) is 0.455. The lowest BCUT2D eigenvalue weighted by Gasteiger charge is -2.09. The van der Waals surface area contributed by atoms with Crippen molar-refractivity contribution in [3.8, 4) is 5.75 Å². The lowest BCUT2D eigenvalue weighted by Crippen LogP contribution is -2.21. The summed E-state index contributed by atoms with van der Waals surface area (Å²) in [4.78, 5) is 0.